The van der Waals surface area contributed by atoms with Gasteiger partial charge >= 0.3 is 0 Å². The van der Waals surface area contributed by atoms with Crippen molar-refractivity contribution in [3.63, 3.8) is 0 Å². The van der Waals surface area contributed by atoms with Crippen molar-refractivity contribution >= 4 is 0 Å². The van der Waals surface area contributed by atoms with Gasteiger partial charge in [0, 0.05) is 31.7 Å². The molecule has 2 aromatic rings. The molecular weight excluding hydrogens is 280 g/mol. The molecule has 1 N–H and O–H groups in total. The summed E-state index contributed by atoms with van der Waals surface area (Å²) in [6.07, 6.45) is 0. The third-order valence-corrected chi connectivity index (χ3v) is 4.33. The molecule has 1 fully saturated rings. The van der Waals surface area contributed by atoms with Gasteiger partial charge in [-0.05, 0) is 32.5 Å². The van der Waals surface area contributed by atoms with Crippen molar-refractivity contribution in [1.29, 1.82) is 0 Å². The molecule has 0 spiro atoms. The Morgan fingerprint density at radius 1 is 1.32 bits per heavy atom. The third kappa shape index (κ3) is 2.98. The van der Waals surface area contributed by atoms with Crippen LogP contribution in [0.1, 0.15) is 28.9 Å². The van der Waals surface area contributed by atoms with Crippen LogP contribution in [0.5, 0.6) is 5.75 Å². The highest BCUT2D eigenvalue weighted by Crippen LogP contribution is 2.27. The quantitative estimate of drug-likeness (QED) is 0.934. The summed E-state index contributed by atoms with van der Waals surface area (Å²) in [7, 11) is 2.08. The van der Waals surface area contributed by atoms with Crippen molar-refractivity contribution in [3.8, 4) is 5.75 Å². The second-order valence-electron chi connectivity index (χ2n) is 5.98. The van der Waals surface area contributed by atoms with E-state index in [-0.39, 0.29) is 6.04 Å². The maximum atomic E-state index is 10.1. The highest BCUT2D eigenvalue weighted by atomic mass is 16.5. The molecule has 2 heterocycles. The molecule has 22 heavy (non-hydrogen) atoms. The molecule has 3 rings (SSSR count). The number of hydrogen-bond acceptors (Lipinski definition) is 6. The van der Waals surface area contributed by atoms with Gasteiger partial charge in [-0.1, -0.05) is 17.3 Å². The van der Waals surface area contributed by atoms with E-state index in [1.54, 1.807) is 6.07 Å². The summed E-state index contributed by atoms with van der Waals surface area (Å²) in [4.78, 5) is 8.93. The van der Waals surface area contributed by atoms with E-state index >= 15 is 0 Å². The van der Waals surface area contributed by atoms with Crippen LogP contribution in [-0.4, -0.2) is 51.7 Å². The summed E-state index contributed by atoms with van der Waals surface area (Å²) in [5.74, 6) is 1.69. The highest BCUT2D eigenvalue weighted by molar-refractivity contribution is 5.38. The smallest absolute Gasteiger partial charge is 0.245 e. The molecule has 0 aliphatic carbocycles. The fraction of sp³-hybridized carbons (Fsp3) is 0.500. The van der Waals surface area contributed by atoms with Gasteiger partial charge in [0.25, 0.3) is 0 Å². The van der Waals surface area contributed by atoms with Crippen LogP contribution in [0.25, 0.3) is 0 Å². The number of aromatic hydroxyl groups is 1. The maximum absolute atomic E-state index is 10.1. The largest absolute Gasteiger partial charge is 0.508 e. The Morgan fingerprint density at radius 2 is 2.14 bits per heavy atom. The fourth-order valence-electron chi connectivity index (χ4n) is 2.91. The number of piperazine rings is 1. The van der Waals surface area contributed by atoms with Crippen molar-refractivity contribution in [2.75, 3.05) is 26.7 Å². The first kappa shape index (κ1) is 15.0. The summed E-state index contributed by atoms with van der Waals surface area (Å²) < 4.78 is 5.34. The van der Waals surface area contributed by atoms with E-state index in [4.69, 9.17) is 4.52 Å². The standard InChI is InChI=1S/C16H22N4O2/c1-11-5-4-6-15(21)13(11)9-20-8-7-19(3)14(10-20)16-17-12(2)18-22-16/h4-6,14,21H,7-10H2,1-3H3. The Hall–Kier alpha value is -1.92. The summed E-state index contributed by atoms with van der Waals surface area (Å²) in [5.41, 5.74) is 2.11. The Morgan fingerprint density at radius 3 is 2.82 bits per heavy atom. The number of aryl methyl sites for hydroxylation is 2. The molecule has 118 valence electrons. The molecule has 1 atom stereocenters. The SMILES string of the molecule is Cc1noc(C2CN(Cc3c(C)cccc3O)CCN2C)n1. The van der Waals surface area contributed by atoms with Crippen molar-refractivity contribution in [2.24, 2.45) is 0 Å². The Labute approximate surface area is 130 Å². The van der Waals surface area contributed by atoms with Gasteiger partial charge in [0.1, 0.15) is 11.8 Å². The summed E-state index contributed by atoms with van der Waals surface area (Å²) >= 11 is 0. The molecule has 1 aliphatic heterocycles. The third-order valence-electron chi connectivity index (χ3n) is 4.33. The number of hydrogen-bond donors (Lipinski definition) is 1. The molecule has 1 aliphatic rings. The molecule has 0 radical (unpaired) electrons. The molecular formula is C16H22N4O2. The normalized spacial score (nSPS) is 20.4. The van der Waals surface area contributed by atoms with Crippen LogP contribution in [-0.2, 0) is 6.54 Å². The van der Waals surface area contributed by atoms with Crippen LogP contribution in [0.15, 0.2) is 22.7 Å². The average Bonchev–Trinajstić information content (AvgIpc) is 2.91. The zero-order valence-electron chi connectivity index (χ0n) is 13.3. The van der Waals surface area contributed by atoms with Gasteiger partial charge in [-0.2, -0.15) is 4.98 Å². The maximum Gasteiger partial charge on any atom is 0.245 e. The molecule has 0 amide bonds. The van der Waals surface area contributed by atoms with Gasteiger partial charge in [0.2, 0.25) is 5.89 Å². The molecule has 1 unspecified atom stereocenters. The van der Waals surface area contributed by atoms with E-state index in [1.807, 2.05) is 26.0 Å². The van der Waals surface area contributed by atoms with Crippen LogP contribution in [0.3, 0.4) is 0 Å². The minimum Gasteiger partial charge on any atom is -0.508 e. The van der Waals surface area contributed by atoms with E-state index in [1.165, 1.54) is 0 Å². The highest BCUT2D eigenvalue weighted by Gasteiger charge is 2.30. The van der Waals surface area contributed by atoms with Gasteiger partial charge < -0.3 is 9.63 Å². The Balaban J connectivity index is 1.76. The minimum atomic E-state index is 0.0983. The van der Waals surface area contributed by atoms with Gasteiger partial charge in [-0.3, -0.25) is 9.80 Å². The topological polar surface area (TPSA) is 65.6 Å². The van der Waals surface area contributed by atoms with Crippen LogP contribution in [0, 0.1) is 13.8 Å². The van der Waals surface area contributed by atoms with Crippen molar-refractivity contribution in [1.82, 2.24) is 19.9 Å². The lowest BCUT2D eigenvalue weighted by molar-refractivity contribution is 0.0709. The first-order valence-electron chi connectivity index (χ1n) is 7.55. The van der Waals surface area contributed by atoms with Crippen molar-refractivity contribution < 1.29 is 9.63 Å². The van der Waals surface area contributed by atoms with Gasteiger partial charge in [-0.25, -0.2) is 0 Å². The second kappa shape index (κ2) is 6.06. The number of rotatable bonds is 3. The van der Waals surface area contributed by atoms with Crippen LogP contribution >= 0.6 is 0 Å². The number of phenolic OH excluding ortho intramolecular Hbond substituents is 1. The predicted octanol–water partition coefficient (Wildman–Crippen LogP) is 1.88. The van der Waals surface area contributed by atoms with E-state index in [2.05, 4.69) is 27.0 Å². The van der Waals surface area contributed by atoms with E-state index in [0.717, 1.165) is 37.3 Å². The van der Waals surface area contributed by atoms with Gasteiger partial charge in [-0.15, -0.1) is 0 Å². The van der Waals surface area contributed by atoms with Crippen LogP contribution in [0.4, 0.5) is 0 Å². The lowest BCUT2D eigenvalue weighted by atomic mass is 10.1. The summed E-state index contributed by atoms with van der Waals surface area (Å²) in [5, 5.41) is 14.0. The number of benzene rings is 1. The van der Waals surface area contributed by atoms with Crippen LogP contribution in [0.2, 0.25) is 0 Å². The number of aromatic nitrogens is 2. The van der Waals surface area contributed by atoms with Crippen molar-refractivity contribution in [2.45, 2.75) is 26.4 Å². The molecule has 6 heteroatoms. The Bertz CT molecular complexity index is 635. The fourth-order valence-corrected chi connectivity index (χ4v) is 2.91. The zero-order chi connectivity index (χ0) is 15.7. The van der Waals surface area contributed by atoms with Crippen molar-refractivity contribution in [3.05, 3.63) is 41.0 Å². The monoisotopic (exact) mass is 302 g/mol. The molecule has 1 aromatic carbocycles. The first-order valence-corrected chi connectivity index (χ1v) is 7.55. The molecule has 0 saturated carbocycles. The lowest BCUT2D eigenvalue weighted by Crippen LogP contribution is -2.46. The van der Waals surface area contributed by atoms with Crippen LogP contribution < -0.4 is 0 Å². The van der Waals surface area contributed by atoms with E-state index < -0.39 is 0 Å². The van der Waals surface area contributed by atoms with E-state index in [0.29, 0.717) is 17.5 Å². The summed E-state index contributed by atoms with van der Waals surface area (Å²) in [6, 6.07) is 5.75. The Kier molecular flexibility index (Phi) is 4.13. The van der Waals surface area contributed by atoms with E-state index in [9.17, 15) is 5.11 Å². The summed E-state index contributed by atoms with van der Waals surface area (Å²) in [6.45, 7) is 7.29. The molecule has 6 nitrogen and oxygen atoms in total. The number of nitrogens with zero attached hydrogens (tertiary/aromatic N) is 4. The lowest BCUT2D eigenvalue weighted by Gasteiger charge is -2.37. The number of phenols is 1. The minimum absolute atomic E-state index is 0.0983. The predicted molar refractivity (Wildman–Crippen MR) is 82.5 cm³/mol. The first-order chi connectivity index (χ1) is 10.5. The average molecular weight is 302 g/mol. The van der Waals surface area contributed by atoms with Gasteiger partial charge in [0.05, 0.1) is 0 Å². The molecule has 0 bridgehead atoms. The van der Waals surface area contributed by atoms with Gasteiger partial charge in [0.15, 0.2) is 5.82 Å². The second-order valence-corrected chi connectivity index (χ2v) is 5.98. The zero-order valence-corrected chi connectivity index (χ0v) is 13.3. The molecule has 1 saturated heterocycles. The number of likely N-dealkylation sites (N-methyl/N-ethyl adjacent to an activating group) is 1. The molecule has 1 aromatic heterocycles.